The highest BCUT2D eigenvalue weighted by atomic mass is 79.9. The third kappa shape index (κ3) is 7.56. The fourth-order valence-corrected chi connectivity index (χ4v) is 3.34. The number of methoxy groups -OCH3 is 1. The SMILES string of the molecule is CCOc1cc(C=NNC(=O)C(C)NC(=O)Cc2ccc(OC)cc2)cc(Br)c1OCC. The first kappa shape index (κ1) is 25.2. The number of amides is 2. The summed E-state index contributed by atoms with van der Waals surface area (Å²) in [5.41, 5.74) is 3.97. The lowest BCUT2D eigenvalue weighted by molar-refractivity contribution is -0.128. The van der Waals surface area contributed by atoms with Crippen molar-refractivity contribution in [2.45, 2.75) is 33.2 Å². The number of rotatable bonds is 11. The molecule has 8 nitrogen and oxygen atoms in total. The summed E-state index contributed by atoms with van der Waals surface area (Å²) in [6.07, 6.45) is 1.65. The van der Waals surface area contributed by atoms with E-state index in [0.29, 0.717) is 36.0 Å². The van der Waals surface area contributed by atoms with Gasteiger partial charge >= 0.3 is 0 Å². The Hall–Kier alpha value is -3.07. The van der Waals surface area contributed by atoms with Gasteiger partial charge in [0.25, 0.3) is 5.91 Å². The molecule has 1 unspecified atom stereocenters. The van der Waals surface area contributed by atoms with E-state index in [1.54, 1.807) is 44.4 Å². The van der Waals surface area contributed by atoms with Crippen LogP contribution in [-0.2, 0) is 16.0 Å². The minimum atomic E-state index is -0.746. The molecule has 0 heterocycles. The van der Waals surface area contributed by atoms with Gasteiger partial charge in [0.1, 0.15) is 11.8 Å². The number of carbonyl (C=O) groups is 2. The highest BCUT2D eigenvalue weighted by Crippen LogP contribution is 2.36. The summed E-state index contributed by atoms with van der Waals surface area (Å²) >= 11 is 3.47. The zero-order valence-corrected chi connectivity index (χ0v) is 20.2. The molecule has 0 saturated heterocycles. The lowest BCUT2D eigenvalue weighted by atomic mass is 10.1. The third-order valence-corrected chi connectivity index (χ3v) is 4.89. The summed E-state index contributed by atoms with van der Waals surface area (Å²) in [5, 5.41) is 6.65. The zero-order chi connectivity index (χ0) is 23.5. The lowest BCUT2D eigenvalue weighted by Crippen LogP contribution is -2.43. The molecule has 172 valence electrons. The molecule has 2 rings (SSSR count). The van der Waals surface area contributed by atoms with E-state index in [0.717, 1.165) is 10.0 Å². The van der Waals surface area contributed by atoms with Crippen molar-refractivity contribution in [2.24, 2.45) is 5.10 Å². The molecule has 0 spiro atoms. The van der Waals surface area contributed by atoms with Gasteiger partial charge in [0, 0.05) is 0 Å². The van der Waals surface area contributed by atoms with Gasteiger partial charge in [-0.2, -0.15) is 5.10 Å². The molecule has 0 bridgehead atoms. The van der Waals surface area contributed by atoms with Gasteiger partial charge in [0.15, 0.2) is 11.5 Å². The number of hydrazone groups is 1. The fraction of sp³-hybridized carbons (Fsp3) is 0.348. The van der Waals surface area contributed by atoms with Crippen molar-refractivity contribution in [1.82, 2.24) is 10.7 Å². The Balaban J connectivity index is 1.92. The Morgan fingerprint density at radius 3 is 2.44 bits per heavy atom. The second kappa shape index (κ2) is 12.7. The normalized spacial score (nSPS) is 11.7. The van der Waals surface area contributed by atoms with Crippen LogP contribution in [0.2, 0.25) is 0 Å². The van der Waals surface area contributed by atoms with E-state index >= 15 is 0 Å². The van der Waals surface area contributed by atoms with Crippen molar-refractivity contribution in [2.75, 3.05) is 20.3 Å². The first-order valence-electron chi connectivity index (χ1n) is 10.2. The number of halogens is 1. The van der Waals surface area contributed by atoms with E-state index in [9.17, 15) is 9.59 Å². The lowest BCUT2D eigenvalue weighted by Gasteiger charge is -2.14. The van der Waals surface area contributed by atoms with E-state index < -0.39 is 11.9 Å². The third-order valence-electron chi connectivity index (χ3n) is 4.30. The Kier molecular flexibility index (Phi) is 10.0. The number of benzene rings is 2. The minimum Gasteiger partial charge on any atom is -0.497 e. The van der Waals surface area contributed by atoms with Crippen LogP contribution in [0.5, 0.6) is 17.2 Å². The molecule has 0 aliphatic heterocycles. The van der Waals surface area contributed by atoms with Gasteiger partial charge in [-0.15, -0.1) is 0 Å². The van der Waals surface area contributed by atoms with E-state index in [-0.39, 0.29) is 12.3 Å². The number of ether oxygens (including phenoxy) is 3. The van der Waals surface area contributed by atoms with Gasteiger partial charge in [-0.3, -0.25) is 9.59 Å². The first-order valence-corrected chi connectivity index (χ1v) is 11.0. The summed E-state index contributed by atoms with van der Waals surface area (Å²) in [5.74, 6) is 1.21. The molecule has 0 radical (unpaired) electrons. The number of hydrogen-bond donors (Lipinski definition) is 2. The van der Waals surface area contributed by atoms with Crippen molar-refractivity contribution in [3.05, 3.63) is 52.0 Å². The van der Waals surface area contributed by atoms with Gasteiger partial charge in [0.2, 0.25) is 5.91 Å². The van der Waals surface area contributed by atoms with E-state index in [2.05, 4.69) is 31.8 Å². The zero-order valence-electron chi connectivity index (χ0n) is 18.6. The van der Waals surface area contributed by atoms with E-state index in [4.69, 9.17) is 14.2 Å². The van der Waals surface area contributed by atoms with Crippen molar-refractivity contribution in [3.63, 3.8) is 0 Å². The van der Waals surface area contributed by atoms with Gasteiger partial charge in [-0.25, -0.2) is 5.43 Å². The summed E-state index contributed by atoms with van der Waals surface area (Å²) in [7, 11) is 1.58. The molecule has 2 aromatic carbocycles. The van der Waals surface area contributed by atoms with Gasteiger partial charge in [-0.1, -0.05) is 12.1 Å². The largest absolute Gasteiger partial charge is 0.497 e. The first-order chi connectivity index (χ1) is 15.4. The second-order valence-electron chi connectivity index (χ2n) is 6.74. The Labute approximate surface area is 196 Å². The molecule has 0 aromatic heterocycles. The van der Waals surface area contributed by atoms with Crippen LogP contribution in [-0.4, -0.2) is 44.4 Å². The molecule has 9 heteroatoms. The molecule has 2 aromatic rings. The second-order valence-corrected chi connectivity index (χ2v) is 7.60. The van der Waals surface area contributed by atoms with Crippen LogP contribution in [0.15, 0.2) is 46.0 Å². The number of nitrogens with one attached hydrogen (secondary N) is 2. The summed E-state index contributed by atoms with van der Waals surface area (Å²) in [4.78, 5) is 24.5. The van der Waals surface area contributed by atoms with Crippen LogP contribution in [0.3, 0.4) is 0 Å². The maximum atomic E-state index is 12.3. The monoisotopic (exact) mass is 505 g/mol. The number of carbonyl (C=O) groups excluding carboxylic acids is 2. The van der Waals surface area contributed by atoms with Crippen molar-refractivity contribution in [3.8, 4) is 17.2 Å². The number of hydrogen-bond acceptors (Lipinski definition) is 6. The highest BCUT2D eigenvalue weighted by molar-refractivity contribution is 9.10. The van der Waals surface area contributed by atoms with Crippen LogP contribution in [0, 0.1) is 0 Å². The van der Waals surface area contributed by atoms with E-state index in [1.165, 1.54) is 6.21 Å². The molecule has 1 atom stereocenters. The van der Waals surface area contributed by atoms with Gasteiger partial charge in [0.05, 0.1) is 37.4 Å². The summed E-state index contributed by atoms with van der Waals surface area (Å²) in [6.45, 7) is 6.36. The molecular weight excluding hydrogens is 478 g/mol. The molecule has 0 fully saturated rings. The van der Waals surface area contributed by atoms with Crippen LogP contribution in [0.25, 0.3) is 0 Å². The van der Waals surface area contributed by atoms with Gasteiger partial charge in [-0.05, 0) is 72.1 Å². The van der Waals surface area contributed by atoms with Crippen LogP contribution in [0.1, 0.15) is 31.9 Å². The van der Waals surface area contributed by atoms with Crippen LogP contribution < -0.4 is 25.0 Å². The van der Waals surface area contributed by atoms with Crippen molar-refractivity contribution >= 4 is 34.0 Å². The Morgan fingerprint density at radius 2 is 1.81 bits per heavy atom. The Bertz CT molecular complexity index is 947. The molecule has 2 N–H and O–H groups in total. The maximum absolute atomic E-state index is 12.3. The quantitative estimate of drug-likeness (QED) is 0.360. The molecule has 0 aliphatic rings. The predicted molar refractivity (Wildman–Crippen MR) is 127 cm³/mol. The van der Waals surface area contributed by atoms with Crippen LogP contribution >= 0.6 is 15.9 Å². The summed E-state index contributed by atoms with van der Waals surface area (Å²) < 4.78 is 17.1. The topological polar surface area (TPSA) is 98.2 Å². The smallest absolute Gasteiger partial charge is 0.262 e. The predicted octanol–water partition coefficient (Wildman–Crippen LogP) is 3.45. The highest BCUT2D eigenvalue weighted by Gasteiger charge is 2.16. The standard InChI is InChI=1S/C23H28BrN3O5/c1-5-31-20-12-17(11-19(24)22(20)32-6-2)14-25-27-23(29)15(3)26-21(28)13-16-7-9-18(30-4)10-8-16/h7-12,14-15H,5-6,13H2,1-4H3,(H,26,28)(H,27,29). The number of nitrogens with zero attached hydrogens (tertiary/aromatic N) is 1. The Morgan fingerprint density at radius 1 is 1.12 bits per heavy atom. The average Bonchev–Trinajstić information content (AvgIpc) is 2.76. The van der Waals surface area contributed by atoms with Crippen molar-refractivity contribution < 1.29 is 23.8 Å². The van der Waals surface area contributed by atoms with E-state index in [1.807, 2.05) is 19.9 Å². The van der Waals surface area contributed by atoms with Crippen molar-refractivity contribution in [1.29, 1.82) is 0 Å². The minimum absolute atomic E-state index is 0.158. The molecule has 0 saturated carbocycles. The summed E-state index contributed by atoms with van der Waals surface area (Å²) in [6, 6.07) is 10.0. The maximum Gasteiger partial charge on any atom is 0.262 e. The van der Waals surface area contributed by atoms with Crippen LogP contribution in [0.4, 0.5) is 0 Å². The molecular formula is C23H28BrN3O5. The fourth-order valence-electron chi connectivity index (χ4n) is 2.76. The van der Waals surface area contributed by atoms with Gasteiger partial charge < -0.3 is 19.5 Å². The average molecular weight is 506 g/mol. The molecule has 32 heavy (non-hydrogen) atoms. The molecule has 2 amide bonds. The molecule has 0 aliphatic carbocycles.